The maximum Gasteiger partial charge on any atom is 0.228 e. The van der Waals surface area contributed by atoms with Gasteiger partial charge in [-0.15, -0.1) is 0 Å². The molecule has 1 amide bonds. The second kappa shape index (κ2) is 5.83. The number of amides is 1. The standard InChI is InChI=1S/C16H21NO3/c1-19-15-5-4-12-6-7-17(10-14(12)9-15)16(18)13-3-2-8-20-11-13/h4-5,9,13H,2-3,6-8,10-11H2,1H3. The highest BCUT2D eigenvalue weighted by molar-refractivity contribution is 5.79. The van der Waals surface area contributed by atoms with Crippen LogP contribution in [0.3, 0.4) is 0 Å². The maximum absolute atomic E-state index is 12.5. The summed E-state index contributed by atoms with van der Waals surface area (Å²) in [5, 5.41) is 0. The molecule has 4 heteroatoms. The van der Waals surface area contributed by atoms with E-state index in [-0.39, 0.29) is 11.8 Å². The predicted octanol–water partition coefficient (Wildman–Crippen LogP) is 2.01. The van der Waals surface area contributed by atoms with Gasteiger partial charge in [-0.05, 0) is 42.5 Å². The molecule has 1 aromatic carbocycles. The summed E-state index contributed by atoms with van der Waals surface area (Å²) in [5.74, 6) is 1.16. The lowest BCUT2D eigenvalue weighted by atomic mass is 9.96. The fourth-order valence-electron chi connectivity index (χ4n) is 3.04. The van der Waals surface area contributed by atoms with Gasteiger partial charge in [0.2, 0.25) is 5.91 Å². The fourth-order valence-corrected chi connectivity index (χ4v) is 3.04. The van der Waals surface area contributed by atoms with E-state index in [1.54, 1.807) is 7.11 Å². The van der Waals surface area contributed by atoms with Gasteiger partial charge in [0.1, 0.15) is 5.75 Å². The van der Waals surface area contributed by atoms with Crippen molar-refractivity contribution in [2.75, 3.05) is 26.9 Å². The van der Waals surface area contributed by atoms with E-state index in [4.69, 9.17) is 9.47 Å². The normalized spacial score (nSPS) is 22.2. The van der Waals surface area contributed by atoms with Crippen LogP contribution >= 0.6 is 0 Å². The molecule has 1 saturated heterocycles. The van der Waals surface area contributed by atoms with Crippen LogP contribution in [0.25, 0.3) is 0 Å². The maximum atomic E-state index is 12.5. The molecule has 1 unspecified atom stereocenters. The molecule has 0 spiro atoms. The van der Waals surface area contributed by atoms with Crippen LogP contribution in [-0.2, 0) is 22.5 Å². The lowest BCUT2D eigenvalue weighted by Gasteiger charge is -2.33. The van der Waals surface area contributed by atoms with Gasteiger partial charge in [-0.3, -0.25) is 4.79 Å². The van der Waals surface area contributed by atoms with Crippen LogP contribution in [0, 0.1) is 5.92 Å². The number of benzene rings is 1. The Morgan fingerprint density at radius 3 is 3.05 bits per heavy atom. The van der Waals surface area contributed by atoms with Crippen molar-refractivity contribution >= 4 is 5.91 Å². The zero-order valence-corrected chi connectivity index (χ0v) is 11.9. The molecule has 0 aromatic heterocycles. The first kappa shape index (κ1) is 13.4. The molecule has 3 rings (SSSR count). The van der Waals surface area contributed by atoms with Gasteiger partial charge in [-0.2, -0.15) is 0 Å². The summed E-state index contributed by atoms with van der Waals surface area (Å²) in [5.41, 5.74) is 2.54. The third-order valence-electron chi connectivity index (χ3n) is 4.25. The van der Waals surface area contributed by atoms with Crippen LogP contribution < -0.4 is 4.74 Å². The van der Waals surface area contributed by atoms with Gasteiger partial charge in [-0.1, -0.05) is 6.07 Å². The molecule has 2 heterocycles. The van der Waals surface area contributed by atoms with Crippen molar-refractivity contribution in [3.8, 4) is 5.75 Å². The zero-order chi connectivity index (χ0) is 13.9. The predicted molar refractivity (Wildman–Crippen MR) is 75.7 cm³/mol. The SMILES string of the molecule is COc1ccc2c(c1)CN(C(=O)C1CCCOC1)CC2. The fraction of sp³-hybridized carbons (Fsp3) is 0.562. The highest BCUT2D eigenvalue weighted by Gasteiger charge is 2.28. The van der Waals surface area contributed by atoms with Gasteiger partial charge in [0.15, 0.2) is 0 Å². The zero-order valence-electron chi connectivity index (χ0n) is 11.9. The topological polar surface area (TPSA) is 38.8 Å². The van der Waals surface area contributed by atoms with Gasteiger partial charge in [0.05, 0.1) is 19.6 Å². The lowest BCUT2D eigenvalue weighted by molar-refractivity contribution is -0.140. The van der Waals surface area contributed by atoms with Crippen molar-refractivity contribution in [3.63, 3.8) is 0 Å². The van der Waals surface area contributed by atoms with E-state index in [1.165, 1.54) is 11.1 Å². The first-order valence-corrected chi connectivity index (χ1v) is 7.30. The van der Waals surface area contributed by atoms with Crippen LogP contribution in [-0.4, -0.2) is 37.7 Å². The third kappa shape index (κ3) is 2.66. The third-order valence-corrected chi connectivity index (χ3v) is 4.25. The smallest absolute Gasteiger partial charge is 0.228 e. The summed E-state index contributed by atoms with van der Waals surface area (Å²) >= 11 is 0. The highest BCUT2D eigenvalue weighted by atomic mass is 16.5. The molecule has 0 bridgehead atoms. The molecule has 1 aromatic rings. The quantitative estimate of drug-likeness (QED) is 0.828. The Bertz CT molecular complexity index is 494. The summed E-state index contributed by atoms with van der Waals surface area (Å²) in [6.45, 7) is 2.89. The second-order valence-electron chi connectivity index (χ2n) is 5.56. The van der Waals surface area contributed by atoms with E-state index in [0.29, 0.717) is 13.2 Å². The average molecular weight is 275 g/mol. The average Bonchev–Trinajstić information content (AvgIpc) is 2.54. The van der Waals surface area contributed by atoms with E-state index < -0.39 is 0 Å². The van der Waals surface area contributed by atoms with Crippen LogP contribution in [0.15, 0.2) is 18.2 Å². The Kier molecular flexibility index (Phi) is 3.92. The number of nitrogens with zero attached hydrogens (tertiary/aromatic N) is 1. The van der Waals surface area contributed by atoms with Crippen LogP contribution in [0.5, 0.6) is 5.75 Å². The van der Waals surface area contributed by atoms with E-state index in [9.17, 15) is 4.79 Å². The Balaban J connectivity index is 1.72. The van der Waals surface area contributed by atoms with Gasteiger partial charge >= 0.3 is 0 Å². The number of fused-ring (bicyclic) bond motifs is 1. The molecule has 2 aliphatic rings. The van der Waals surface area contributed by atoms with Crippen molar-refractivity contribution in [2.24, 2.45) is 5.92 Å². The van der Waals surface area contributed by atoms with Crippen LogP contribution in [0.2, 0.25) is 0 Å². The number of hydrogen-bond acceptors (Lipinski definition) is 3. The van der Waals surface area contributed by atoms with E-state index >= 15 is 0 Å². The summed E-state index contributed by atoms with van der Waals surface area (Å²) in [4.78, 5) is 14.5. The number of carbonyl (C=O) groups excluding carboxylic acids is 1. The van der Waals surface area contributed by atoms with Crippen molar-refractivity contribution in [2.45, 2.75) is 25.8 Å². The number of rotatable bonds is 2. The Morgan fingerprint density at radius 1 is 1.40 bits per heavy atom. The van der Waals surface area contributed by atoms with Gasteiger partial charge < -0.3 is 14.4 Å². The second-order valence-corrected chi connectivity index (χ2v) is 5.56. The van der Waals surface area contributed by atoms with Crippen LogP contribution in [0.1, 0.15) is 24.0 Å². The number of ether oxygens (including phenoxy) is 2. The molecule has 1 fully saturated rings. The number of carbonyl (C=O) groups is 1. The molecule has 108 valence electrons. The monoisotopic (exact) mass is 275 g/mol. The molecular formula is C16H21NO3. The summed E-state index contributed by atoms with van der Waals surface area (Å²) in [6.07, 6.45) is 2.88. The highest BCUT2D eigenvalue weighted by Crippen LogP contribution is 2.26. The Morgan fingerprint density at radius 2 is 2.30 bits per heavy atom. The van der Waals surface area contributed by atoms with E-state index in [0.717, 1.165) is 38.2 Å². The van der Waals surface area contributed by atoms with Crippen molar-refractivity contribution in [3.05, 3.63) is 29.3 Å². The largest absolute Gasteiger partial charge is 0.497 e. The van der Waals surface area contributed by atoms with E-state index in [2.05, 4.69) is 6.07 Å². The minimum absolute atomic E-state index is 0.0518. The molecule has 1 atom stereocenters. The lowest BCUT2D eigenvalue weighted by Crippen LogP contribution is -2.42. The summed E-state index contributed by atoms with van der Waals surface area (Å²) in [7, 11) is 1.67. The van der Waals surface area contributed by atoms with Crippen molar-refractivity contribution < 1.29 is 14.3 Å². The van der Waals surface area contributed by atoms with Crippen LogP contribution in [0.4, 0.5) is 0 Å². The minimum Gasteiger partial charge on any atom is -0.497 e. The number of hydrogen-bond donors (Lipinski definition) is 0. The molecule has 20 heavy (non-hydrogen) atoms. The Hall–Kier alpha value is -1.55. The molecule has 0 saturated carbocycles. The van der Waals surface area contributed by atoms with Gasteiger partial charge in [0.25, 0.3) is 0 Å². The number of methoxy groups -OCH3 is 1. The first-order valence-electron chi connectivity index (χ1n) is 7.30. The summed E-state index contributed by atoms with van der Waals surface area (Å²) < 4.78 is 10.7. The molecule has 0 N–H and O–H groups in total. The molecule has 0 aliphatic carbocycles. The molecule has 2 aliphatic heterocycles. The summed E-state index contributed by atoms with van der Waals surface area (Å²) in [6, 6.07) is 6.15. The minimum atomic E-state index is 0.0518. The van der Waals surface area contributed by atoms with Crippen molar-refractivity contribution in [1.82, 2.24) is 4.90 Å². The molecule has 0 radical (unpaired) electrons. The van der Waals surface area contributed by atoms with Gasteiger partial charge in [-0.25, -0.2) is 0 Å². The first-order chi connectivity index (χ1) is 9.78. The van der Waals surface area contributed by atoms with Gasteiger partial charge in [0, 0.05) is 19.7 Å². The Labute approximate surface area is 119 Å². The molecular weight excluding hydrogens is 254 g/mol. The van der Waals surface area contributed by atoms with E-state index in [1.807, 2.05) is 17.0 Å². The van der Waals surface area contributed by atoms with Crippen molar-refractivity contribution in [1.29, 1.82) is 0 Å². The molecule has 4 nitrogen and oxygen atoms in total.